The summed E-state index contributed by atoms with van der Waals surface area (Å²) in [4.78, 5) is 43.6. The first-order valence-corrected chi connectivity index (χ1v) is 11.2. The van der Waals surface area contributed by atoms with E-state index in [2.05, 4.69) is 10.3 Å². The van der Waals surface area contributed by atoms with Gasteiger partial charge in [0.25, 0.3) is 11.8 Å². The maximum Gasteiger partial charge on any atom is 0.273 e. The van der Waals surface area contributed by atoms with Crippen LogP contribution in [0.3, 0.4) is 0 Å². The van der Waals surface area contributed by atoms with Crippen LogP contribution in [0.1, 0.15) is 81.7 Å². The number of hydrogen-bond acceptors (Lipinski definition) is 5. The first-order chi connectivity index (χ1) is 15.0. The molecule has 1 spiro atoms. The van der Waals surface area contributed by atoms with Gasteiger partial charge in [0.05, 0.1) is 0 Å². The highest BCUT2D eigenvalue weighted by Crippen LogP contribution is 2.54. The Morgan fingerprint density at radius 3 is 2.81 bits per heavy atom. The summed E-state index contributed by atoms with van der Waals surface area (Å²) in [7, 11) is 0. The fraction of sp³-hybridized carbons (Fsp3) is 0.500. The van der Waals surface area contributed by atoms with Gasteiger partial charge < -0.3 is 14.6 Å². The molecular formula is C24H27N3O4. The summed E-state index contributed by atoms with van der Waals surface area (Å²) < 4.78 is 5.26. The van der Waals surface area contributed by atoms with E-state index in [0.29, 0.717) is 43.1 Å². The first kappa shape index (κ1) is 20.0. The Labute approximate surface area is 181 Å². The predicted octanol–water partition coefficient (Wildman–Crippen LogP) is 3.18. The minimum absolute atomic E-state index is 0.0339. The molecule has 31 heavy (non-hydrogen) atoms. The van der Waals surface area contributed by atoms with Crippen LogP contribution in [0.2, 0.25) is 0 Å². The van der Waals surface area contributed by atoms with Gasteiger partial charge in [0.15, 0.2) is 17.4 Å². The maximum absolute atomic E-state index is 13.0. The monoisotopic (exact) mass is 421 g/mol. The number of likely N-dealkylation sites (tertiary alicyclic amines) is 1. The number of nitrogens with zero attached hydrogens (tertiary/aromatic N) is 2. The highest BCUT2D eigenvalue weighted by Gasteiger charge is 2.56. The molecule has 1 saturated heterocycles. The number of ketones is 1. The zero-order chi connectivity index (χ0) is 21.6. The van der Waals surface area contributed by atoms with Gasteiger partial charge in [-0.3, -0.25) is 14.4 Å². The number of oxazole rings is 1. The standard InChI is InChI=1S/C24H27N3O4/c1-2-21-25-18(14-31-21)22(29)26-20-13-24(20)8-10-27(11-9-24)23(30)16-6-7-17-15(12-16)4-3-5-19(17)28/h6-7,12,14,20H,2-5,8-11,13H2,1H3,(H,26,29). The molecule has 2 heterocycles. The van der Waals surface area contributed by atoms with Crippen LogP contribution in [-0.4, -0.2) is 46.6 Å². The van der Waals surface area contributed by atoms with Gasteiger partial charge in [-0.25, -0.2) is 4.98 Å². The van der Waals surface area contributed by atoms with Crippen LogP contribution in [0.4, 0.5) is 0 Å². The number of nitrogens with one attached hydrogen (secondary N) is 1. The molecule has 162 valence electrons. The second-order valence-corrected chi connectivity index (χ2v) is 9.01. The van der Waals surface area contributed by atoms with Crippen molar-refractivity contribution in [3.05, 3.63) is 52.7 Å². The topological polar surface area (TPSA) is 92.5 Å². The van der Waals surface area contributed by atoms with E-state index in [4.69, 9.17) is 4.42 Å². The van der Waals surface area contributed by atoms with Crippen LogP contribution >= 0.6 is 0 Å². The minimum atomic E-state index is -0.188. The summed E-state index contributed by atoms with van der Waals surface area (Å²) in [5.41, 5.74) is 2.86. The Balaban J connectivity index is 1.18. The van der Waals surface area contributed by atoms with Crippen molar-refractivity contribution in [2.75, 3.05) is 13.1 Å². The normalized spacial score (nSPS) is 21.6. The lowest BCUT2D eigenvalue weighted by Crippen LogP contribution is -2.41. The molecule has 7 nitrogen and oxygen atoms in total. The Morgan fingerprint density at radius 2 is 2.06 bits per heavy atom. The van der Waals surface area contributed by atoms with E-state index < -0.39 is 0 Å². The zero-order valence-electron chi connectivity index (χ0n) is 17.8. The number of carbonyl (C=O) groups is 3. The summed E-state index contributed by atoms with van der Waals surface area (Å²) in [5.74, 6) is 0.589. The van der Waals surface area contributed by atoms with Crippen molar-refractivity contribution in [2.45, 2.75) is 57.9 Å². The van der Waals surface area contributed by atoms with Crippen LogP contribution in [0.5, 0.6) is 0 Å². The zero-order valence-corrected chi connectivity index (χ0v) is 17.8. The largest absolute Gasteiger partial charge is 0.448 e. The molecule has 0 radical (unpaired) electrons. The minimum Gasteiger partial charge on any atom is -0.448 e. The molecule has 1 saturated carbocycles. The van der Waals surface area contributed by atoms with Gasteiger partial charge in [-0.1, -0.05) is 13.0 Å². The molecule has 2 amide bonds. The SMILES string of the molecule is CCc1nc(C(=O)NC2CC23CCN(C(=O)c2ccc4c(c2)CCCC4=O)CC3)co1. The van der Waals surface area contributed by atoms with Crippen LogP contribution < -0.4 is 5.32 Å². The van der Waals surface area contributed by atoms with E-state index in [9.17, 15) is 14.4 Å². The van der Waals surface area contributed by atoms with E-state index >= 15 is 0 Å². The summed E-state index contributed by atoms with van der Waals surface area (Å²) >= 11 is 0. The third-order valence-corrected chi connectivity index (χ3v) is 7.13. The van der Waals surface area contributed by atoms with Crippen molar-refractivity contribution in [1.29, 1.82) is 0 Å². The molecular weight excluding hydrogens is 394 g/mol. The first-order valence-electron chi connectivity index (χ1n) is 11.2. The highest BCUT2D eigenvalue weighted by molar-refractivity contribution is 6.01. The van der Waals surface area contributed by atoms with Crippen molar-refractivity contribution in [3.8, 4) is 0 Å². The predicted molar refractivity (Wildman–Crippen MR) is 113 cm³/mol. The molecule has 5 rings (SSSR count). The number of hydrogen-bond donors (Lipinski definition) is 1. The average Bonchev–Trinajstić information content (AvgIpc) is 3.22. The lowest BCUT2D eigenvalue weighted by Gasteiger charge is -2.33. The maximum atomic E-state index is 13.0. The second kappa shape index (κ2) is 7.62. The van der Waals surface area contributed by atoms with Gasteiger partial charge in [-0.2, -0.15) is 0 Å². The van der Waals surface area contributed by atoms with Crippen LogP contribution in [0.25, 0.3) is 0 Å². The quantitative estimate of drug-likeness (QED) is 0.819. The molecule has 1 aromatic heterocycles. The lowest BCUT2D eigenvalue weighted by atomic mass is 9.88. The number of aromatic nitrogens is 1. The molecule has 1 atom stereocenters. The van der Waals surface area contributed by atoms with E-state index in [1.807, 2.05) is 24.0 Å². The van der Waals surface area contributed by atoms with Crippen LogP contribution in [-0.2, 0) is 12.8 Å². The average molecular weight is 421 g/mol. The third kappa shape index (κ3) is 3.66. The number of rotatable bonds is 4. The van der Waals surface area contributed by atoms with Crippen molar-refractivity contribution >= 4 is 17.6 Å². The number of amides is 2. The molecule has 0 bridgehead atoms. The summed E-state index contributed by atoms with van der Waals surface area (Å²) in [6, 6.07) is 5.64. The third-order valence-electron chi connectivity index (χ3n) is 7.13. The summed E-state index contributed by atoms with van der Waals surface area (Å²) in [6.07, 6.45) is 7.09. The number of aryl methyl sites for hydroxylation is 2. The van der Waals surface area contributed by atoms with Crippen LogP contribution in [0, 0.1) is 5.41 Å². The Morgan fingerprint density at radius 1 is 1.26 bits per heavy atom. The smallest absolute Gasteiger partial charge is 0.273 e. The van der Waals surface area contributed by atoms with Gasteiger partial charge in [0, 0.05) is 43.1 Å². The Bertz CT molecular complexity index is 1050. The fourth-order valence-corrected chi connectivity index (χ4v) is 5.03. The molecule has 1 N–H and O–H groups in total. The van der Waals surface area contributed by atoms with E-state index in [1.165, 1.54) is 6.26 Å². The Kier molecular flexibility index (Phi) is 4.91. The summed E-state index contributed by atoms with van der Waals surface area (Å²) in [5, 5.41) is 3.09. The number of fused-ring (bicyclic) bond motifs is 1. The van der Waals surface area contributed by atoms with Gasteiger partial charge >= 0.3 is 0 Å². The molecule has 1 aliphatic heterocycles. The molecule has 1 aromatic carbocycles. The Hall–Kier alpha value is -2.96. The second-order valence-electron chi connectivity index (χ2n) is 9.01. The fourth-order valence-electron chi connectivity index (χ4n) is 5.03. The highest BCUT2D eigenvalue weighted by atomic mass is 16.3. The van der Waals surface area contributed by atoms with Gasteiger partial charge in [0.1, 0.15) is 6.26 Å². The number of Topliss-reactive ketones (excluding diaryl/α,β-unsaturated/α-hetero) is 1. The lowest BCUT2D eigenvalue weighted by molar-refractivity contribution is 0.0667. The van der Waals surface area contributed by atoms with Gasteiger partial charge in [0.2, 0.25) is 0 Å². The van der Waals surface area contributed by atoms with E-state index in [1.54, 1.807) is 6.07 Å². The molecule has 2 aliphatic carbocycles. The number of piperidine rings is 1. The van der Waals surface area contributed by atoms with Crippen LogP contribution in [0.15, 0.2) is 28.9 Å². The molecule has 7 heteroatoms. The van der Waals surface area contributed by atoms with Crippen molar-refractivity contribution in [2.24, 2.45) is 5.41 Å². The molecule has 3 aliphatic rings. The summed E-state index contributed by atoms with van der Waals surface area (Å²) in [6.45, 7) is 3.30. The molecule has 2 fully saturated rings. The van der Waals surface area contributed by atoms with E-state index in [0.717, 1.165) is 43.2 Å². The van der Waals surface area contributed by atoms with E-state index in [-0.39, 0.29) is 29.1 Å². The molecule has 2 aromatic rings. The number of benzene rings is 1. The van der Waals surface area contributed by atoms with Crippen molar-refractivity contribution in [1.82, 2.24) is 15.2 Å². The van der Waals surface area contributed by atoms with Gasteiger partial charge in [-0.15, -0.1) is 0 Å². The van der Waals surface area contributed by atoms with Crippen molar-refractivity contribution < 1.29 is 18.8 Å². The van der Waals surface area contributed by atoms with Crippen molar-refractivity contribution in [3.63, 3.8) is 0 Å². The molecule has 1 unspecified atom stereocenters. The number of carbonyl (C=O) groups excluding carboxylic acids is 3. The van der Waals surface area contributed by atoms with Gasteiger partial charge in [-0.05, 0) is 55.2 Å².